The quantitative estimate of drug-likeness (QED) is 0.0469. The molecule has 0 bridgehead atoms. The fourth-order valence-electron chi connectivity index (χ4n) is 5.18. The molecule has 0 aliphatic carbocycles. The van der Waals surface area contributed by atoms with Crippen molar-refractivity contribution in [3.05, 3.63) is 83.4 Å². The standard InChI is InChI=1S/C39H50O12/c40-24-34(43)10-1-4-17-49-37(46)30-9-7-8-29(20-30)27-13-15-28(16-14-27)31-21-32(38(47)50-18-5-2-11-35(44)25-41)23-33(22-31)39(48)51-19-6-3-12-36(45)26-42/h7-9,13-16,20-23,34-36,40-45H,1-6,10-12,17-19,24-26H2. The van der Waals surface area contributed by atoms with Crippen molar-refractivity contribution in [3.8, 4) is 22.3 Å². The zero-order valence-electron chi connectivity index (χ0n) is 28.8. The minimum absolute atomic E-state index is 0.0940. The Balaban J connectivity index is 1.73. The normalized spacial score (nSPS) is 12.9. The summed E-state index contributed by atoms with van der Waals surface area (Å²) in [7, 11) is 0. The van der Waals surface area contributed by atoms with E-state index in [9.17, 15) is 29.7 Å². The van der Waals surface area contributed by atoms with Crippen LogP contribution >= 0.6 is 0 Å². The maximum absolute atomic E-state index is 13.0. The van der Waals surface area contributed by atoms with E-state index in [1.54, 1.807) is 30.3 Å². The molecule has 0 amide bonds. The Morgan fingerprint density at radius 2 is 0.824 bits per heavy atom. The summed E-state index contributed by atoms with van der Waals surface area (Å²) in [5, 5.41) is 55.3. The molecule has 12 nitrogen and oxygen atoms in total. The van der Waals surface area contributed by atoms with E-state index in [-0.39, 0.29) is 50.8 Å². The summed E-state index contributed by atoms with van der Waals surface area (Å²) in [6, 6.07) is 19.1. The van der Waals surface area contributed by atoms with Gasteiger partial charge < -0.3 is 44.8 Å². The van der Waals surface area contributed by atoms with Crippen LogP contribution in [0.4, 0.5) is 0 Å². The highest BCUT2D eigenvalue weighted by Crippen LogP contribution is 2.28. The van der Waals surface area contributed by atoms with Crippen LogP contribution in [0, 0.1) is 0 Å². The van der Waals surface area contributed by atoms with Crippen LogP contribution in [0.15, 0.2) is 66.7 Å². The molecule has 0 heterocycles. The lowest BCUT2D eigenvalue weighted by Gasteiger charge is -2.12. The largest absolute Gasteiger partial charge is 0.462 e. The van der Waals surface area contributed by atoms with E-state index in [1.807, 2.05) is 30.3 Å². The van der Waals surface area contributed by atoms with Gasteiger partial charge in [-0.1, -0.05) is 36.4 Å². The summed E-state index contributed by atoms with van der Waals surface area (Å²) >= 11 is 0. The van der Waals surface area contributed by atoms with Crippen molar-refractivity contribution in [2.24, 2.45) is 0 Å². The molecule has 3 aromatic rings. The molecule has 0 spiro atoms. The molecule has 278 valence electrons. The number of rotatable bonds is 23. The fraction of sp³-hybridized carbons (Fsp3) is 0.462. The molecule has 0 aliphatic rings. The maximum Gasteiger partial charge on any atom is 0.338 e. The lowest BCUT2D eigenvalue weighted by atomic mass is 9.96. The first-order valence-electron chi connectivity index (χ1n) is 17.4. The summed E-state index contributed by atoms with van der Waals surface area (Å²) in [6.45, 7) is -0.583. The first-order chi connectivity index (χ1) is 24.6. The minimum Gasteiger partial charge on any atom is -0.462 e. The highest BCUT2D eigenvalue weighted by molar-refractivity contribution is 5.97. The second-order valence-corrected chi connectivity index (χ2v) is 12.4. The van der Waals surface area contributed by atoms with Crippen molar-refractivity contribution in [2.45, 2.75) is 76.1 Å². The Morgan fingerprint density at radius 1 is 0.451 bits per heavy atom. The zero-order valence-corrected chi connectivity index (χ0v) is 28.8. The molecule has 3 atom stereocenters. The van der Waals surface area contributed by atoms with Crippen LogP contribution in [0.25, 0.3) is 22.3 Å². The van der Waals surface area contributed by atoms with Crippen LogP contribution in [-0.2, 0) is 14.2 Å². The van der Waals surface area contributed by atoms with Crippen molar-refractivity contribution < 1.29 is 59.2 Å². The number of unbranched alkanes of at least 4 members (excludes halogenated alkanes) is 3. The first kappa shape index (κ1) is 41.3. The molecular weight excluding hydrogens is 660 g/mol. The number of benzene rings is 3. The molecule has 6 N–H and O–H groups in total. The lowest BCUT2D eigenvalue weighted by molar-refractivity contribution is 0.0470. The zero-order chi connectivity index (χ0) is 37.0. The van der Waals surface area contributed by atoms with Crippen LogP contribution in [0.3, 0.4) is 0 Å². The smallest absolute Gasteiger partial charge is 0.338 e. The van der Waals surface area contributed by atoms with Gasteiger partial charge in [-0.15, -0.1) is 0 Å². The molecule has 3 rings (SSSR count). The average molecular weight is 711 g/mol. The Morgan fingerprint density at radius 3 is 1.24 bits per heavy atom. The average Bonchev–Trinajstić information content (AvgIpc) is 3.16. The molecule has 0 aromatic heterocycles. The Labute approximate surface area is 298 Å². The SMILES string of the molecule is O=C(OCCCCC(O)CO)c1cccc(-c2ccc(-c3cc(C(=O)OCCCCC(O)CO)cc(C(=O)OCCCCC(O)CO)c3)cc2)c1. The van der Waals surface area contributed by atoms with Gasteiger partial charge in [0.25, 0.3) is 0 Å². The molecular formula is C39H50O12. The number of aliphatic hydroxyl groups excluding tert-OH is 6. The van der Waals surface area contributed by atoms with Gasteiger partial charge in [0.15, 0.2) is 0 Å². The van der Waals surface area contributed by atoms with Gasteiger partial charge in [0.1, 0.15) is 0 Å². The molecule has 0 fully saturated rings. The Kier molecular flexibility index (Phi) is 18.3. The van der Waals surface area contributed by atoms with Crippen LogP contribution in [0.5, 0.6) is 0 Å². The van der Waals surface area contributed by atoms with Crippen LogP contribution in [0.2, 0.25) is 0 Å². The van der Waals surface area contributed by atoms with Crippen molar-refractivity contribution >= 4 is 17.9 Å². The molecule has 51 heavy (non-hydrogen) atoms. The second-order valence-electron chi connectivity index (χ2n) is 12.4. The molecule has 0 saturated heterocycles. The van der Waals surface area contributed by atoms with Crippen LogP contribution in [0.1, 0.15) is 88.9 Å². The molecule has 0 aliphatic heterocycles. The van der Waals surface area contributed by atoms with Gasteiger partial charge in [0.05, 0.1) is 74.6 Å². The molecule has 3 unspecified atom stereocenters. The number of hydrogen-bond acceptors (Lipinski definition) is 12. The third kappa shape index (κ3) is 14.5. The molecule has 12 heteroatoms. The summed E-state index contributed by atoms with van der Waals surface area (Å²) in [5.74, 6) is -1.73. The van der Waals surface area contributed by atoms with E-state index in [0.29, 0.717) is 74.5 Å². The van der Waals surface area contributed by atoms with Crippen LogP contribution < -0.4 is 0 Å². The third-order valence-corrected chi connectivity index (χ3v) is 8.18. The highest BCUT2D eigenvalue weighted by Gasteiger charge is 2.17. The van der Waals surface area contributed by atoms with E-state index >= 15 is 0 Å². The van der Waals surface area contributed by atoms with Crippen molar-refractivity contribution in [1.82, 2.24) is 0 Å². The molecule has 3 aromatic carbocycles. The number of esters is 3. The van der Waals surface area contributed by atoms with E-state index in [0.717, 1.165) is 11.1 Å². The minimum atomic E-state index is -0.821. The van der Waals surface area contributed by atoms with Crippen molar-refractivity contribution in [3.63, 3.8) is 0 Å². The first-order valence-corrected chi connectivity index (χ1v) is 17.4. The maximum atomic E-state index is 13.0. The number of carbonyl (C=O) groups excluding carboxylic acids is 3. The molecule has 0 saturated carbocycles. The van der Waals surface area contributed by atoms with E-state index < -0.39 is 36.2 Å². The topological polar surface area (TPSA) is 200 Å². The summed E-state index contributed by atoms with van der Waals surface area (Å²) in [6.07, 6.45) is 2.02. The van der Waals surface area contributed by atoms with Gasteiger partial charge in [-0.05, 0) is 110 Å². The van der Waals surface area contributed by atoms with Gasteiger partial charge >= 0.3 is 17.9 Å². The summed E-state index contributed by atoms with van der Waals surface area (Å²) in [5.41, 5.74) is 3.57. The third-order valence-electron chi connectivity index (χ3n) is 8.18. The predicted molar refractivity (Wildman–Crippen MR) is 189 cm³/mol. The fourth-order valence-corrected chi connectivity index (χ4v) is 5.18. The van der Waals surface area contributed by atoms with E-state index in [1.165, 1.54) is 6.07 Å². The number of ether oxygens (including phenoxy) is 3. The lowest BCUT2D eigenvalue weighted by Crippen LogP contribution is -2.13. The van der Waals surface area contributed by atoms with Crippen molar-refractivity contribution in [1.29, 1.82) is 0 Å². The van der Waals surface area contributed by atoms with Gasteiger partial charge in [-0.3, -0.25) is 0 Å². The van der Waals surface area contributed by atoms with Gasteiger partial charge in [-0.2, -0.15) is 0 Å². The highest BCUT2D eigenvalue weighted by atomic mass is 16.5. The molecule has 0 radical (unpaired) electrons. The second kappa shape index (κ2) is 22.6. The Hall–Kier alpha value is -4.17. The van der Waals surface area contributed by atoms with Gasteiger partial charge in [0, 0.05) is 0 Å². The van der Waals surface area contributed by atoms with Gasteiger partial charge in [0.2, 0.25) is 0 Å². The Bertz CT molecular complexity index is 1460. The summed E-state index contributed by atoms with van der Waals surface area (Å²) in [4.78, 5) is 38.7. The van der Waals surface area contributed by atoms with Gasteiger partial charge in [-0.25, -0.2) is 14.4 Å². The summed E-state index contributed by atoms with van der Waals surface area (Å²) < 4.78 is 16.3. The van der Waals surface area contributed by atoms with Crippen LogP contribution in [-0.4, -0.2) is 107 Å². The number of aliphatic hydroxyl groups is 6. The van der Waals surface area contributed by atoms with E-state index in [2.05, 4.69) is 0 Å². The van der Waals surface area contributed by atoms with Crippen molar-refractivity contribution in [2.75, 3.05) is 39.6 Å². The predicted octanol–water partition coefficient (Wildman–Crippen LogP) is 4.06. The monoisotopic (exact) mass is 710 g/mol. The van der Waals surface area contributed by atoms with E-state index in [4.69, 9.17) is 29.5 Å². The number of carbonyl (C=O) groups is 3. The number of hydrogen-bond donors (Lipinski definition) is 6.